The van der Waals surface area contributed by atoms with E-state index in [2.05, 4.69) is 9.72 Å². The fraction of sp³-hybridized carbons (Fsp3) is 0.615. The number of amides is 1. The molecule has 0 aliphatic heterocycles. The Kier molecular flexibility index (Phi) is 6.75. The van der Waals surface area contributed by atoms with Gasteiger partial charge in [0.1, 0.15) is 5.60 Å². The van der Waals surface area contributed by atoms with Gasteiger partial charge in [0.15, 0.2) is 0 Å². The molecule has 0 aromatic carbocycles. The van der Waals surface area contributed by atoms with Gasteiger partial charge in [0.05, 0.1) is 0 Å². The number of nitrogens with one attached hydrogen (secondary N) is 1. The maximum absolute atomic E-state index is 11.1. The molecule has 1 amide bonds. The largest absolute Gasteiger partial charge is 0.444 e. The molecule has 1 heterocycles. The predicted molar refractivity (Wildman–Crippen MR) is 76.8 cm³/mol. The number of carbonyl (C=O) groups excluding carboxylic acids is 1. The zero-order valence-electron chi connectivity index (χ0n) is 12.6. The predicted octanol–water partition coefficient (Wildman–Crippen LogP) is 1.14. The molecule has 0 atom stereocenters. The summed E-state index contributed by atoms with van der Waals surface area (Å²) in [5.74, 6) is 0. The summed E-state index contributed by atoms with van der Waals surface area (Å²) in [5.41, 5.74) is 4.21. The topological polar surface area (TPSA) is 107 Å². The zero-order chi connectivity index (χ0) is 15.9. The lowest BCUT2D eigenvalue weighted by Gasteiger charge is -2.16. The van der Waals surface area contributed by atoms with Crippen LogP contribution in [0.3, 0.4) is 0 Å². The second-order valence-electron chi connectivity index (χ2n) is 5.30. The molecule has 7 heteroatoms. The number of carbonyl (C=O) groups is 1. The monoisotopic (exact) mass is 285 g/mol. The van der Waals surface area contributed by atoms with E-state index < -0.39 is 11.7 Å². The van der Waals surface area contributed by atoms with Crippen molar-refractivity contribution in [2.75, 3.05) is 0 Å². The average molecular weight is 285 g/mol. The molecular formula is C13H23N3O4. The fourth-order valence-corrected chi connectivity index (χ4v) is 1.33. The number of hydrogen-bond donors (Lipinski definition) is 2. The summed E-state index contributed by atoms with van der Waals surface area (Å²) in [6.45, 7) is 9.60. The normalized spacial score (nSPS) is 10.4. The molecule has 0 saturated carbocycles. The standard InChI is InChI=1S/C8H12N2O2.C5H11NO2/c1-3-4-10-5-6(2)7(11)9-8(10)12;1-5(2,3)8-4(6)7/h5H,3-4H2,1-2H3,(H,9,11,12);1-3H3,(H2,6,7). The van der Waals surface area contributed by atoms with Crippen molar-refractivity contribution in [2.45, 2.75) is 53.2 Å². The van der Waals surface area contributed by atoms with Gasteiger partial charge >= 0.3 is 11.8 Å². The molecule has 7 nitrogen and oxygen atoms in total. The van der Waals surface area contributed by atoms with E-state index in [1.807, 2.05) is 6.92 Å². The van der Waals surface area contributed by atoms with Crippen molar-refractivity contribution in [3.8, 4) is 0 Å². The Balaban J connectivity index is 0.000000396. The first-order valence-corrected chi connectivity index (χ1v) is 6.35. The molecule has 0 radical (unpaired) electrons. The number of ether oxygens (including phenoxy) is 1. The summed E-state index contributed by atoms with van der Waals surface area (Å²) in [4.78, 5) is 34.3. The lowest BCUT2D eigenvalue weighted by atomic mass is 10.2. The number of nitrogens with two attached hydrogens (primary N) is 1. The lowest BCUT2D eigenvalue weighted by molar-refractivity contribution is 0.0600. The van der Waals surface area contributed by atoms with Crippen molar-refractivity contribution in [1.29, 1.82) is 0 Å². The number of primary amides is 1. The maximum atomic E-state index is 11.1. The minimum Gasteiger partial charge on any atom is -0.444 e. The number of aryl methyl sites for hydroxylation is 2. The number of hydrogen-bond acceptors (Lipinski definition) is 4. The first-order chi connectivity index (χ1) is 9.06. The van der Waals surface area contributed by atoms with Gasteiger partial charge in [0, 0.05) is 18.3 Å². The molecule has 20 heavy (non-hydrogen) atoms. The summed E-state index contributed by atoms with van der Waals surface area (Å²) < 4.78 is 6.09. The van der Waals surface area contributed by atoms with Crippen molar-refractivity contribution in [3.05, 3.63) is 32.6 Å². The van der Waals surface area contributed by atoms with Gasteiger partial charge in [0.25, 0.3) is 5.56 Å². The van der Waals surface area contributed by atoms with Crippen LogP contribution in [-0.4, -0.2) is 21.2 Å². The minimum absolute atomic E-state index is 0.299. The van der Waals surface area contributed by atoms with Crippen LogP contribution in [0.4, 0.5) is 4.79 Å². The molecule has 1 aromatic rings. The Bertz CT molecular complexity index is 552. The Labute approximate surface area is 117 Å². The van der Waals surface area contributed by atoms with Crippen molar-refractivity contribution in [1.82, 2.24) is 9.55 Å². The highest BCUT2D eigenvalue weighted by atomic mass is 16.6. The number of aromatic amines is 1. The third kappa shape index (κ3) is 7.40. The van der Waals surface area contributed by atoms with Crippen LogP contribution in [0.15, 0.2) is 15.8 Å². The number of H-pyrrole nitrogens is 1. The van der Waals surface area contributed by atoms with Gasteiger partial charge < -0.3 is 15.0 Å². The van der Waals surface area contributed by atoms with E-state index in [1.54, 1.807) is 33.9 Å². The summed E-state index contributed by atoms with van der Waals surface area (Å²) in [5, 5.41) is 0. The van der Waals surface area contributed by atoms with Crippen molar-refractivity contribution in [3.63, 3.8) is 0 Å². The molecular weight excluding hydrogens is 262 g/mol. The van der Waals surface area contributed by atoms with Crippen LogP contribution in [-0.2, 0) is 11.3 Å². The highest BCUT2D eigenvalue weighted by molar-refractivity contribution is 5.65. The molecule has 0 saturated heterocycles. The van der Waals surface area contributed by atoms with E-state index in [0.29, 0.717) is 12.1 Å². The summed E-state index contributed by atoms with van der Waals surface area (Å²) in [7, 11) is 0. The van der Waals surface area contributed by atoms with Gasteiger partial charge in [-0.2, -0.15) is 0 Å². The summed E-state index contributed by atoms with van der Waals surface area (Å²) in [6, 6.07) is 0. The van der Waals surface area contributed by atoms with E-state index in [-0.39, 0.29) is 11.2 Å². The van der Waals surface area contributed by atoms with Gasteiger partial charge in [-0.1, -0.05) is 6.92 Å². The van der Waals surface area contributed by atoms with E-state index in [0.717, 1.165) is 6.42 Å². The van der Waals surface area contributed by atoms with E-state index >= 15 is 0 Å². The molecule has 3 N–H and O–H groups in total. The van der Waals surface area contributed by atoms with Crippen LogP contribution in [0, 0.1) is 6.92 Å². The quantitative estimate of drug-likeness (QED) is 0.849. The summed E-state index contributed by atoms with van der Waals surface area (Å²) >= 11 is 0. The van der Waals surface area contributed by atoms with Gasteiger partial charge in [-0.05, 0) is 34.1 Å². The highest BCUT2D eigenvalue weighted by Crippen LogP contribution is 2.04. The Morgan fingerprint density at radius 1 is 1.40 bits per heavy atom. The number of rotatable bonds is 2. The number of nitrogens with zero attached hydrogens (tertiary/aromatic N) is 1. The van der Waals surface area contributed by atoms with Crippen molar-refractivity contribution < 1.29 is 9.53 Å². The van der Waals surface area contributed by atoms with Gasteiger partial charge in [-0.3, -0.25) is 9.78 Å². The van der Waals surface area contributed by atoms with E-state index in [4.69, 9.17) is 5.73 Å². The summed E-state index contributed by atoms with van der Waals surface area (Å²) in [6.07, 6.45) is 1.74. The first kappa shape index (κ1) is 17.9. The molecule has 1 aromatic heterocycles. The molecule has 0 spiro atoms. The van der Waals surface area contributed by atoms with Crippen LogP contribution in [0.2, 0.25) is 0 Å². The SMILES string of the molecule is CC(C)(C)OC(N)=O.CCCn1cc(C)c(=O)[nH]c1=O. The second-order valence-corrected chi connectivity index (χ2v) is 5.30. The smallest absolute Gasteiger partial charge is 0.405 e. The minimum atomic E-state index is -0.725. The molecule has 0 aliphatic carbocycles. The highest BCUT2D eigenvalue weighted by Gasteiger charge is 2.12. The van der Waals surface area contributed by atoms with Crippen LogP contribution < -0.4 is 17.0 Å². The van der Waals surface area contributed by atoms with E-state index in [1.165, 1.54) is 4.57 Å². The van der Waals surface area contributed by atoms with E-state index in [9.17, 15) is 14.4 Å². The van der Waals surface area contributed by atoms with Crippen molar-refractivity contribution in [2.24, 2.45) is 5.73 Å². The third-order valence-corrected chi connectivity index (χ3v) is 2.06. The molecule has 0 aliphatic rings. The molecule has 1 rings (SSSR count). The Morgan fingerprint density at radius 3 is 2.30 bits per heavy atom. The van der Waals surface area contributed by atoms with Gasteiger partial charge in [-0.25, -0.2) is 9.59 Å². The number of aromatic nitrogens is 2. The average Bonchev–Trinajstić information content (AvgIpc) is 2.23. The van der Waals surface area contributed by atoms with Crippen LogP contribution in [0.1, 0.15) is 39.7 Å². The van der Waals surface area contributed by atoms with Crippen molar-refractivity contribution >= 4 is 6.09 Å². The molecule has 0 bridgehead atoms. The zero-order valence-corrected chi connectivity index (χ0v) is 12.6. The van der Waals surface area contributed by atoms with Gasteiger partial charge in [-0.15, -0.1) is 0 Å². The molecule has 0 unspecified atom stereocenters. The van der Waals surface area contributed by atoms with Crippen LogP contribution >= 0.6 is 0 Å². The Morgan fingerprint density at radius 2 is 1.95 bits per heavy atom. The second kappa shape index (κ2) is 7.52. The molecule has 0 fully saturated rings. The lowest BCUT2D eigenvalue weighted by Crippen LogP contribution is -2.30. The fourth-order valence-electron chi connectivity index (χ4n) is 1.33. The van der Waals surface area contributed by atoms with Crippen LogP contribution in [0.5, 0.6) is 0 Å². The first-order valence-electron chi connectivity index (χ1n) is 6.35. The maximum Gasteiger partial charge on any atom is 0.405 e. The van der Waals surface area contributed by atoms with Gasteiger partial charge in [0.2, 0.25) is 0 Å². The Hall–Kier alpha value is -2.05. The third-order valence-electron chi connectivity index (χ3n) is 2.06. The van der Waals surface area contributed by atoms with Crippen LogP contribution in [0.25, 0.3) is 0 Å². The molecule has 114 valence electrons.